The Labute approximate surface area is 479 Å². The normalized spacial score (nSPS) is 24.3. The quantitative estimate of drug-likeness (QED) is 0.0367. The Morgan fingerprint density at radius 2 is 1.62 bits per heavy atom. The number of nitrogens with zero attached hydrogens (tertiary/aromatic N) is 3. The van der Waals surface area contributed by atoms with Crippen LogP contribution in [0.5, 0.6) is 5.75 Å². The van der Waals surface area contributed by atoms with E-state index in [-0.39, 0.29) is 82.5 Å². The van der Waals surface area contributed by atoms with E-state index in [1.165, 1.54) is 43.0 Å². The van der Waals surface area contributed by atoms with Crippen LogP contribution in [0, 0.1) is 11.8 Å². The van der Waals surface area contributed by atoms with Gasteiger partial charge in [0.05, 0.1) is 51.0 Å². The molecular weight excluding hydrogens is 1090 g/mol. The van der Waals surface area contributed by atoms with E-state index < -0.39 is 153 Å². The van der Waals surface area contributed by atoms with E-state index in [0.29, 0.717) is 45.2 Å². The lowest BCUT2D eigenvalue weighted by Gasteiger charge is -2.33. The number of primary amides is 1. The van der Waals surface area contributed by atoms with Gasteiger partial charge in [-0.15, -0.1) is 0 Å². The van der Waals surface area contributed by atoms with Gasteiger partial charge in [0.2, 0.25) is 53.2 Å². The van der Waals surface area contributed by atoms with Crippen LogP contribution in [-0.4, -0.2) is 211 Å². The van der Waals surface area contributed by atoms with Gasteiger partial charge in [-0.25, -0.2) is 0 Å². The molecule has 28 heteroatoms. The molecule has 0 aromatic heterocycles. The molecule has 2 saturated heterocycles. The van der Waals surface area contributed by atoms with Crippen LogP contribution in [0.25, 0.3) is 5.57 Å². The molecule has 452 valence electrons. The SMILES string of the molecule is C=C1C[C@@H](CO)NC(=O)[C@H]([C@@H](C)[C@@H](O)CO)NC(=O)[C@@H]2C[C@@H](O)CN2C(=O)[C@H](CC(N)=O)NC(=O)[C@@H](NC(=O)CNC(=O)[C@@H](NC(=O)CN)[C@@H](C)CC)Cc2c1ccc(O)c2CS[C@@H]1CCN(C(=O)CCCCCN2C(=O)C=CC2=O)C1. The smallest absolute Gasteiger partial charge is 0.253 e. The van der Waals surface area contributed by atoms with Crippen molar-refractivity contribution in [2.75, 3.05) is 52.5 Å². The van der Waals surface area contributed by atoms with Crippen molar-refractivity contribution in [2.45, 2.75) is 144 Å². The molecule has 1 aromatic carbocycles. The Hall–Kier alpha value is -6.98. The highest BCUT2D eigenvalue weighted by Gasteiger charge is 2.45. The molecule has 0 aliphatic carbocycles. The molecular formula is C54H79N11O16S. The average Bonchev–Trinajstić information content (AvgIpc) is 4.33. The molecule has 82 heavy (non-hydrogen) atoms. The second-order valence-corrected chi connectivity index (χ2v) is 22.5. The topological polar surface area (TPSA) is 423 Å². The lowest BCUT2D eigenvalue weighted by molar-refractivity contribution is -0.144. The Balaban J connectivity index is 1.52. The van der Waals surface area contributed by atoms with Crippen LogP contribution in [0.1, 0.15) is 95.2 Å². The summed E-state index contributed by atoms with van der Waals surface area (Å²) < 4.78 is 0. The average molecular weight is 1170 g/mol. The molecule has 11 amide bonds. The summed E-state index contributed by atoms with van der Waals surface area (Å²) in [5.74, 6) is -10.2. The third-order valence-corrected chi connectivity index (χ3v) is 16.6. The molecule has 5 rings (SSSR count). The number of phenols is 1. The number of benzene rings is 1. The number of thioether (sulfide) groups is 1. The Bertz CT molecular complexity index is 2590. The number of phenolic OH excluding ortho intramolecular Hbond substituents is 1. The van der Waals surface area contributed by atoms with Crippen molar-refractivity contribution in [2.24, 2.45) is 23.3 Å². The van der Waals surface area contributed by atoms with E-state index in [4.69, 9.17) is 11.5 Å². The summed E-state index contributed by atoms with van der Waals surface area (Å²) in [4.78, 5) is 151. The number of nitrogens with one attached hydrogen (secondary N) is 6. The largest absolute Gasteiger partial charge is 0.508 e. The lowest BCUT2D eigenvalue weighted by atomic mass is 9.88. The molecule has 27 nitrogen and oxygen atoms in total. The van der Waals surface area contributed by atoms with Crippen LogP contribution in [0.15, 0.2) is 30.9 Å². The summed E-state index contributed by atoms with van der Waals surface area (Å²) in [7, 11) is 0. The van der Waals surface area contributed by atoms with Gasteiger partial charge in [0, 0.05) is 80.1 Å². The second kappa shape index (κ2) is 30.9. The maximum Gasteiger partial charge on any atom is 0.253 e. The maximum atomic E-state index is 14.9. The van der Waals surface area contributed by atoms with Gasteiger partial charge in [0.25, 0.3) is 11.8 Å². The first kappa shape index (κ1) is 65.8. The van der Waals surface area contributed by atoms with Crippen LogP contribution < -0.4 is 43.4 Å². The molecule has 4 heterocycles. The molecule has 4 aliphatic rings. The van der Waals surface area contributed by atoms with Crippen molar-refractivity contribution in [1.82, 2.24) is 46.6 Å². The van der Waals surface area contributed by atoms with Crippen LogP contribution >= 0.6 is 11.8 Å². The van der Waals surface area contributed by atoms with E-state index in [0.717, 1.165) is 9.80 Å². The van der Waals surface area contributed by atoms with Gasteiger partial charge in [0.1, 0.15) is 36.0 Å². The van der Waals surface area contributed by atoms with Crippen molar-refractivity contribution >= 4 is 82.3 Å². The summed E-state index contributed by atoms with van der Waals surface area (Å²) in [6.07, 6.45) is 0.436. The molecule has 4 aliphatic heterocycles. The van der Waals surface area contributed by atoms with Gasteiger partial charge >= 0.3 is 0 Å². The number of nitrogens with two attached hydrogens (primary N) is 2. The van der Waals surface area contributed by atoms with E-state index in [1.54, 1.807) is 18.7 Å². The summed E-state index contributed by atoms with van der Waals surface area (Å²) in [6, 6.07) is -6.19. The predicted octanol–water partition coefficient (Wildman–Crippen LogP) is -3.97. The highest BCUT2D eigenvalue weighted by Crippen LogP contribution is 2.37. The summed E-state index contributed by atoms with van der Waals surface area (Å²) in [5, 5.41) is 69.0. The van der Waals surface area contributed by atoms with Crippen LogP contribution in [0.2, 0.25) is 0 Å². The predicted molar refractivity (Wildman–Crippen MR) is 297 cm³/mol. The minimum atomic E-state index is -1.85. The standard InChI is InChI=1S/C54H79N11O16S/c1-5-28(2)48(61-43(72)21-55)52(79)57-22-44(73)59-37-19-35-34(10-11-40(69)36(35)27-82-33-14-16-63(24-33)45(74)9-7-6-8-15-64-46(75)12-13-47(64)76)29(3)17-31(25-66)58-53(80)49(30(4)41(70)26-67)62-51(78)39-18-32(68)23-65(39)54(81)38(20-42(56)71)60-50(37)77/h10-13,28,30-33,37-39,41,48-49,66-70H,3,5-9,14-27,55H2,1-2,4H3,(H2,56,71)(H,57,79)(H,58,80)(H,59,73)(H,60,77)(H,61,72)(H,62,78)/t28-,30-,31-,32+,33+,37-,38-,39-,41-,48-,49-/m0/s1. The number of rotatable bonds is 23. The number of hydrogen-bond acceptors (Lipinski definition) is 18. The van der Waals surface area contributed by atoms with E-state index in [1.807, 2.05) is 0 Å². The van der Waals surface area contributed by atoms with Crippen molar-refractivity contribution in [3.05, 3.63) is 47.6 Å². The first-order valence-electron chi connectivity index (χ1n) is 27.5. The Kier molecular flexibility index (Phi) is 24.8. The molecule has 0 radical (unpaired) electrons. The number of carbonyl (C=O) groups excluding carboxylic acids is 11. The van der Waals surface area contributed by atoms with E-state index >= 15 is 0 Å². The van der Waals surface area contributed by atoms with Crippen molar-refractivity contribution in [1.29, 1.82) is 0 Å². The Morgan fingerprint density at radius 3 is 2.27 bits per heavy atom. The first-order chi connectivity index (χ1) is 38.9. The van der Waals surface area contributed by atoms with Crippen LogP contribution in [0.3, 0.4) is 0 Å². The Morgan fingerprint density at radius 1 is 0.915 bits per heavy atom. The zero-order valence-electron chi connectivity index (χ0n) is 46.4. The number of aliphatic hydroxyl groups is 4. The summed E-state index contributed by atoms with van der Waals surface area (Å²) in [6.45, 7) is 6.88. The van der Waals surface area contributed by atoms with Crippen LogP contribution in [0.4, 0.5) is 0 Å². The number of hydrogen-bond donors (Lipinski definition) is 13. The van der Waals surface area contributed by atoms with Gasteiger partial charge in [-0.1, -0.05) is 46.3 Å². The molecule has 0 saturated carbocycles. The number of likely N-dealkylation sites (tertiary alicyclic amines) is 1. The van der Waals surface area contributed by atoms with Gasteiger partial charge in [-0.3, -0.25) is 57.6 Å². The fraction of sp³-hybridized carbons (Fsp3) is 0.611. The minimum absolute atomic E-state index is 0.0374. The second-order valence-electron chi connectivity index (χ2n) is 21.2. The zero-order chi connectivity index (χ0) is 60.5. The number of unbranched alkanes of at least 4 members (excludes halogenated alkanes) is 2. The highest BCUT2D eigenvalue weighted by molar-refractivity contribution is 7.99. The molecule has 0 unspecified atom stereocenters. The lowest BCUT2D eigenvalue weighted by Crippen LogP contribution is -2.61. The maximum absolute atomic E-state index is 14.9. The molecule has 0 spiro atoms. The highest BCUT2D eigenvalue weighted by atomic mass is 32.2. The number of aliphatic hydroxyl groups excluding tert-OH is 4. The number of amides is 11. The van der Waals surface area contributed by atoms with Crippen molar-refractivity contribution in [3.63, 3.8) is 0 Å². The molecule has 1 aromatic rings. The summed E-state index contributed by atoms with van der Waals surface area (Å²) >= 11 is 1.38. The third-order valence-electron chi connectivity index (χ3n) is 15.2. The fourth-order valence-corrected chi connectivity index (χ4v) is 11.5. The molecule has 11 atom stereocenters. The van der Waals surface area contributed by atoms with Gasteiger partial charge in [-0.05, 0) is 54.4 Å². The minimum Gasteiger partial charge on any atom is -0.508 e. The monoisotopic (exact) mass is 1170 g/mol. The van der Waals surface area contributed by atoms with Crippen molar-refractivity contribution < 1.29 is 78.3 Å². The van der Waals surface area contributed by atoms with Crippen molar-refractivity contribution in [3.8, 4) is 5.75 Å². The number of imide groups is 1. The number of carbonyl (C=O) groups is 11. The van der Waals surface area contributed by atoms with Crippen LogP contribution in [-0.2, 0) is 64.9 Å². The summed E-state index contributed by atoms with van der Waals surface area (Å²) in [5.41, 5.74) is 12.0. The van der Waals surface area contributed by atoms with Gasteiger partial charge < -0.3 is 78.7 Å². The van der Waals surface area contributed by atoms with E-state index in [2.05, 4.69) is 38.5 Å². The molecule has 2 fully saturated rings. The van der Waals surface area contributed by atoms with Gasteiger partial charge in [-0.2, -0.15) is 11.8 Å². The number of fused-ring (bicyclic) bond motifs is 2. The zero-order valence-corrected chi connectivity index (χ0v) is 47.3. The molecule has 15 N–H and O–H groups in total. The van der Waals surface area contributed by atoms with E-state index in [9.17, 15) is 78.3 Å². The fourth-order valence-electron chi connectivity index (χ4n) is 10.2. The molecule has 0 bridgehead atoms. The third kappa shape index (κ3) is 17.8. The first-order valence-corrected chi connectivity index (χ1v) is 28.5. The number of aromatic hydroxyl groups is 1. The van der Waals surface area contributed by atoms with Gasteiger partial charge in [0.15, 0.2) is 0 Å².